The van der Waals surface area contributed by atoms with E-state index in [9.17, 15) is 0 Å². The van der Waals surface area contributed by atoms with Crippen LogP contribution >= 0.6 is 11.6 Å². The molecule has 0 saturated carbocycles. The molecule has 0 spiro atoms. The predicted molar refractivity (Wildman–Crippen MR) is 67.6 cm³/mol. The molecule has 1 saturated heterocycles. The van der Waals surface area contributed by atoms with Gasteiger partial charge in [-0.05, 0) is 44.0 Å². The number of ether oxygens (including phenoxy) is 1. The van der Waals surface area contributed by atoms with E-state index < -0.39 is 0 Å². The first-order valence-electron chi connectivity index (χ1n) is 5.77. The minimum Gasteiger partial charge on any atom is -0.496 e. The van der Waals surface area contributed by atoms with Crippen LogP contribution in [0.2, 0.25) is 5.02 Å². The zero-order valence-corrected chi connectivity index (χ0v) is 10.6. The summed E-state index contributed by atoms with van der Waals surface area (Å²) in [6, 6.07) is 3.88. The first-order valence-corrected chi connectivity index (χ1v) is 6.15. The molecular weight excluding hydrogens is 222 g/mol. The fourth-order valence-electron chi connectivity index (χ4n) is 2.46. The lowest BCUT2D eigenvalue weighted by molar-refractivity contribution is 0.391. The average Bonchev–Trinajstić information content (AvgIpc) is 2.33. The Kier molecular flexibility index (Phi) is 3.72. The Hall–Kier alpha value is -0.730. The van der Waals surface area contributed by atoms with Crippen molar-refractivity contribution in [3.8, 4) is 5.75 Å². The van der Waals surface area contributed by atoms with Crippen LogP contribution in [0.25, 0.3) is 0 Å². The molecule has 1 fully saturated rings. The molecule has 2 nitrogen and oxygen atoms in total. The quantitative estimate of drug-likeness (QED) is 0.856. The van der Waals surface area contributed by atoms with E-state index in [0.29, 0.717) is 5.92 Å². The summed E-state index contributed by atoms with van der Waals surface area (Å²) >= 11 is 6.19. The molecule has 1 N–H and O–H groups in total. The lowest BCUT2D eigenvalue weighted by Crippen LogP contribution is -2.29. The zero-order chi connectivity index (χ0) is 11.5. The molecule has 0 aromatic heterocycles. The number of methoxy groups -OCH3 is 1. The van der Waals surface area contributed by atoms with E-state index in [1.165, 1.54) is 18.4 Å². The number of benzene rings is 1. The molecule has 1 unspecified atom stereocenters. The first kappa shape index (κ1) is 11.7. The molecule has 0 amide bonds. The minimum atomic E-state index is 0.530. The van der Waals surface area contributed by atoms with E-state index in [-0.39, 0.29) is 0 Å². The van der Waals surface area contributed by atoms with E-state index >= 15 is 0 Å². The van der Waals surface area contributed by atoms with E-state index in [1.54, 1.807) is 7.11 Å². The van der Waals surface area contributed by atoms with Gasteiger partial charge in [-0.2, -0.15) is 0 Å². The van der Waals surface area contributed by atoms with E-state index in [0.717, 1.165) is 29.4 Å². The molecule has 1 atom stereocenters. The number of hydrogen-bond acceptors (Lipinski definition) is 2. The van der Waals surface area contributed by atoms with Crippen LogP contribution in [0.4, 0.5) is 0 Å². The minimum absolute atomic E-state index is 0.530. The number of nitrogens with one attached hydrogen (secondary N) is 1. The highest BCUT2D eigenvalue weighted by Gasteiger charge is 2.21. The smallest absolute Gasteiger partial charge is 0.122 e. The molecule has 1 aliphatic heterocycles. The fraction of sp³-hybridized carbons (Fsp3) is 0.538. The Balaban J connectivity index is 2.39. The maximum Gasteiger partial charge on any atom is 0.122 e. The Morgan fingerprint density at radius 1 is 1.44 bits per heavy atom. The number of halogens is 1. The summed E-state index contributed by atoms with van der Waals surface area (Å²) in [5, 5.41) is 4.27. The van der Waals surface area contributed by atoms with Crippen LogP contribution in [0.3, 0.4) is 0 Å². The highest BCUT2D eigenvalue weighted by Crippen LogP contribution is 2.36. The third-order valence-corrected chi connectivity index (χ3v) is 3.74. The van der Waals surface area contributed by atoms with Crippen molar-refractivity contribution in [2.24, 2.45) is 0 Å². The molecule has 0 aliphatic carbocycles. The predicted octanol–water partition coefficient (Wildman–Crippen LogP) is 3.12. The largest absolute Gasteiger partial charge is 0.496 e. The maximum atomic E-state index is 6.19. The van der Waals surface area contributed by atoms with Crippen molar-refractivity contribution >= 4 is 11.6 Å². The van der Waals surface area contributed by atoms with Crippen molar-refractivity contribution < 1.29 is 4.74 Å². The van der Waals surface area contributed by atoms with Crippen molar-refractivity contribution in [2.75, 3.05) is 20.2 Å². The molecule has 1 heterocycles. The van der Waals surface area contributed by atoms with E-state index in [4.69, 9.17) is 16.3 Å². The topological polar surface area (TPSA) is 21.3 Å². The second-order valence-corrected chi connectivity index (χ2v) is 4.74. The van der Waals surface area contributed by atoms with E-state index in [1.807, 2.05) is 12.1 Å². The van der Waals surface area contributed by atoms with Crippen molar-refractivity contribution in [1.29, 1.82) is 0 Å². The summed E-state index contributed by atoms with van der Waals surface area (Å²) in [4.78, 5) is 0. The molecule has 88 valence electrons. The summed E-state index contributed by atoms with van der Waals surface area (Å²) in [6.07, 6.45) is 2.43. The van der Waals surface area contributed by atoms with Gasteiger partial charge in [0.25, 0.3) is 0 Å². The lowest BCUT2D eigenvalue weighted by Gasteiger charge is -2.26. The number of piperidine rings is 1. The van der Waals surface area contributed by atoms with Gasteiger partial charge in [-0.15, -0.1) is 0 Å². The second-order valence-electron chi connectivity index (χ2n) is 4.33. The third-order valence-electron chi connectivity index (χ3n) is 3.33. The summed E-state index contributed by atoms with van der Waals surface area (Å²) < 4.78 is 5.45. The van der Waals surface area contributed by atoms with Crippen LogP contribution in [-0.4, -0.2) is 20.2 Å². The Morgan fingerprint density at radius 2 is 2.25 bits per heavy atom. The second kappa shape index (κ2) is 5.07. The van der Waals surface area contributed by atoms with Gasteiger partial charge >= 0.3 is 0 Å². The Labute approximate surface area is 102 Å². The van der Waals surface area contributed by atoms with Crippen LogP contribution in [0.1, 0.15) is 29.9 Å². The van der Waals surface area contributed by atoms with Gasteiger partial charge < -0.3 is 10.1 Å². The maximum absolute atomic E-state index is 6.19. The molecule has 1 aliphatic rings. The van der Waals surface area contributed by atoms with Crippen molar-refractivity contribution in [3.63, 3.8) is 0 Å². The molecule has 0 radical (unpaired) electrons. The molecule has 1 aromatic carbocycles. The van der Waals surface area contributed by atoms with Gasteiger partial charge in [-0.1, -0.05) is 11.6 Å². The van der Waals surface area contributed by atoms with Gasteiger partial charge in [-0.3, -0.25) is 0 Å². The van der Waals surface area contributed by atoms with Crippen LogP contribution in [-0.2, 0) is 0 Å². The van der Waals surface area contributed by atoms with E-state index in [2.05, 4.69) is 12.2 Å². The highest BCUT2D eigenvalue weighted by atomic mass is 35.5. The summed E-state index contributed by atoms with van der Waals surface area (Å²) in [5.74, 6) is 1.50. The van der Waals surface area contributed by atoms with Gasteiger partial charge in [0.2, 0.25) is 0 Å². The number of rotatable bonds is 2. The normalized spacial score (nSPS) is 20.8. The van der Waals surface area contributed by atoms with Crippen LogP contribution < -0.4 is 10.1 Å². The Bertz CT molecular complexity index is 372. The molecule has 16 heavy (non-hydrogen) atoms. The van der Waals surface area contributed by atoms with Gasteiger partial charge in [0.15, 0.2) is 0 Å². The molecule has 3 heteroatoms. The molecule has 0 bridgehead atoms. The highest BCUT2D eigenvalue weighted by molar-refractivity contribution is 6.31. The third kappa shape index (κ3) is 2.18. The summed E-state index contributed by atoms with van der Waals surface area (Å²) in [6.45, 7) is 4.23. The van der Waals surface area contributed by atoms with Gasteiger partial charge in [0.05, 0.1) is 7.11 Å². The van der Waals surface area contributed by atoms with Crippen LogP contribution in [0, 0.1) is 6.92 Å². The standard InChI is InChI=1S/C13H18ClNO/c1-9-11(14)5-6-12(16-2)13(9)10-4-3-7-15-8-10/h5-6,10,15H,3-4,7-8H2,1-2H3. The van der Waals surface area contributed by atoms with Crippen molar-refractivity contribution in [2.45, 2.75) is 25.7 Å². The molecular formula is C13H18ClNO. The van der Waals surface area contributed by atoms with Crippen LogP contribution in [0.15, 0.2) is 12.1 Å². The van der Waals surface area contributed by atoms with Crippen molar-refractivity contribution in [3.05, 3.63) is 28.3 Å². The Morgan fingerprint density at radius 3 is 2.88 bits per heavy atom. The molecule has 2 rings (SSSR count). The van der Waals surface area contributed by atoms with Crippen LogP contribution in [0.5, 0.6) is 5.75 Å². The van der Waals surface area contributed by atoms with Gasteiger partial charge in [0.1, 0.15) is 5.75 Å². The fourth-order valence-corrected chi connectivity index (χ4v) is 2.63. The van der Waals surface area contributed by atoms with Gasteiger partial charge in [0, 0.05) is 23.0 Å². The monoisotopic (exact) mass is 239 g/mol. The average molecular weight is 240 g/mol. The zero-order valence-electron chi connectivity index (χ0n) is 9.85. The molecule has 1 aromatic rings. The number of hydrogen-bond donors (Lipinski definition) is 1. The lowest BCUT2D eigenvalue weighted by atomic mass is 9.88. The summed E-state index contributed by atoms with van der Waals surface area (Å²) in [7, 11) is 1.72. The SMILES string of the molecule is COc1ccc(Cl)c(C)c1C1CCCNC1. The van der Waals surface area contributed by atoms with Gasteiger partial charge in [-0.25, -0.2) is 0 Å². The first-order chi connectivity index (χ1) is 7.74. The summed E-state index contributed by atoms with van der Waals surface area (Å²) in [5.41, 5.74) is 2.44. The van der Waals surface area contributed by atoms with Crippen molar-refractivity contribution in [1.82, 2.24) is 5.32 Å².